The minimum atomic E-state index is -0.734. The van der Waals surface area contributed by atoms with Crippen molar-refractivity contribution < 1.29 is 5.11 Å². The zero-order valence-corrected chi connectivity index (χ0v) is 9.77. The molecule has 1 fully saturated rings. The minimum Gasteiger partial charge on any atom is -0.387 e. The highest BCUT2D eigenvalue weighted by Crippen LogP contribution is 2.41. The van der Waals surface area contributed by atoms with Crippen LogP contribution in [0, 0.1) is 16.7 Å². The molecule has 0 amide bonds. The minimum absolute atomic E-state index is 0.678. The first kappa shape index (κ1) is 11.2. The molecule has 0 spiro atoms. The molecular weight excluding hydrogens is 198 g/mol. The van der Waals surface area contributed by atoms with Crippen molar-refractivity contribution in [3.63, 3.8) is 0 Å². The Labute approximate surface area is 96.5 Å². The van der Waals surface area contributed by atoms with Gasteiger partial charge in [0, 0.05) is 0 Å². The molecule has 1 aliphatic carbocycles. The van der Waals surface area contributed by atoms with Gasteiger partial charge in [-0.2, -0.15) is 5.26 Å². The number of nitrogens with zero attached hydrogens (tertiary/aromatic N) is 1. The van der Waals surface area contributed by atoms with Crippen molar-refractivity contribution in [2.75, 3.05) is 0 Å². The second-order valence-electron chi connectivity index (χ2n) is 5.18. The van der Waals surface area contributed by atoms with Crippen LogP contribution in [0.4, 0.5) is 0 Å². The standard InChI is InChI=1S/C14H17NO/c1-14(2,9-15)13(16)12-5-3-4-11(8-12)10-6-7-10/h3-5,8,10,13,16H,6-7H2,1-2H3. The number of aliphatic hydroxyl groups excluding tert-OH is 1. The lowest BCUT2D eigenvalue weighted by atomic mass is 9.83. The van der Waals surface area contributed by atoms with Gasteiger partial charge >= 0.3 is 0 Å². The van der Waals surface area contributed by atoms with Gasteiger partial charge in [-0.1, -0.05) is 24.3 Å². The molecule has 0 radical (unpaired) electrons. The molecule has 2 rings (SSSR count). The predicted octanol–water partition coefficient (Wildman–Crippen LogP) is 3.15. The topological polar surface area (TPSA) is 44.0 Å². The van der Waals surface area contributed by atoms with Crippen LogP contribution in [-0.4, -0.2) is 5.11 Å². The predicted molar refractivity (Wildman–Crippen MR) is 62.8 cm³/mol. The van der Waals surface area contributed by atoms with Gasteiger partial charge in [0.15, 0.2) is 0 Å². The summed E-state index contributed by atoms with van der Waals surface area (Å²) in [5.74, 6) is 0.678. The van der Waals surface area contributed by atoms with Gasteiger partial charge in [-0.25, -0.2) is 0 Å². The van der Waals surface area contributed by atoms with Crippen LogP contribution in [0.1, 0.15) is 49.8 Å². The van der Waals surface area contributed by atoms with Crippen LogP contribution in [0.3, 0.4) is 0 Å². The van der Waals surface area contributed by atoms with Gasteiger partial charge in [0.05, 0.1) is 17.6 Å². The fourth-order valence-corrected chi connectivity index (χ4v) is 1.88. The zero-order chi connectivity index (χ0) is 11.8. The molecule has 0 aromatic heterocycles. The van der Waals surface area contributed by atoms with Crippen molar-refractivity contribution in [3.8, 4) is 6.07 Å². The normalized spacial score (nSPS) is 17.9. The summed E-state index contributed by atoms with van der Waals surface area (Å²) < 4.78 is 0. The first-order chi connectivity index (χ1) is 7.54. The monoisotopic (exact) mass is 215 g/mol. The second-order valence-corrected chi connectivity index (χ2v) is 5.18. The molecular formula is C14H17NO. The Bertz CT molecular complexity index is 427. The fraction of sp³-hybridized carbons (Fsp3) is 0.500. The summed E-state index contributed by atoms with van der Waals surface area (Å²) in [7, 11) is 0. The van der Waals surface area contributed by atoms with E-state index in [1.165, 1.54) is 18.4 Å². The van der Waals surface area contributed by atoms with Crippen molar-refractivity contribution in [3.05, 3.63) is 35.4 Å². The molecule has 1 aliphatic rings. The highest BCUT2D eigenvalue weighted by atomic mass is 16.3. The molecule has 0 heterocycles. The number of hydrogen-bond donors (Lipinski definition) is 1. The van der Waals surface area contributed by atoms with Crippen molar-refractivity contribution in [2.24, 2.45) is 5.41 Å². The molecule has 1 unspecified atom stereocenters. The molecule has 0 aliphatic heterocycles. The Morgan fingerprint density at radius 3 is 2.69 bits per heavy atom. The molecule has 1 N–H and O–H groups in total. The third-order valence-electron chi connectivity index (χ3n) is 3.25. The highest BCUT2D eigenvalue weighted by Gasteiger charge is 2.30. The van der Waals surface area contributed by atoms with Crippen molar-refractivity contribution in [1.82, 2.24) is 0 Å². The smallest absolute Gasteiger partial charge is 0.0970 e. The van der Waals surface area contributed by atoms with Crippen LogP contribution in [0.25, 0.3) is 0 Å². The molecule has 1 saturated carbocycles. The first-order valence-corrected chi connectivity index (χ1v) is 5.74. The van der Waals surface area contributed by atoms with E-state index in [0.717, 1.165) is 5.56 Å². The fourth-order valence-electron chi connectivity index (χ4n) is 1.88. The van der Waals surface area contributed by atoms with E-state index < -0.39 is 11.5 Å². The summed E-state index contributed by atoms with van der Waals surface area (Å²) >= 11 is 0. The van der Waals surface area contributed by atoms with Crippen molar-refractivity contribution >= 4 is 0 Å². The van der Waals surface area contributed by atoms with Crippen LogP contribution in [0.15, 0.2) is 24.3 Å². The van der Waals surface area contributed by atoms with Crippen LogP contribution in [0.5, 0.6) is 0 Å². The lowest BCUT2D eigenvalue weighted by Crippen LogP contribution is -2.19. The van der Waals surface area contributed by atoms with Crippen LogP contribution < -0.4 is 0 Å². The number of hydrogen-bond acceptors (Lipinski definition) is 2. The molecule has 2 nitrogen and oxygen atoms in total. The summed E-state index contributed by atoms with van der Waals surface area (Å²) in [5.41, 5.74) is 1.42. The molecule has 1 aromatic rings. The van der Waals surface area contributed by atoms with E-state index in [1.54, 1.807) is 13.8 Å². The first-order valence-electron chi connectivity index (χ1n) is 5.74. The van der Waals surface area contributed by atoms with E-state index in [1.807, 2.05) is 18.2 Å². The lowest BCUT2D eigenvalue weighted by Gasteiger charge is -2.23. The van der Waals surface area contributed by atoms with Gasteiger partial charge in [0.2, 0.25) is 0 Å². The molecule has 1 atom stereocenters. The number of rotatable bonds is 3. The maximum atomic E-state index is 10.2. The molecule has 2 heteroatoms. The summed E-state index contributed by atoms with van der Waals surface area (Å²) in [4.78, 5) is 0. The van der Waals surface area contributed by atoms with E-state index >= 15 is 0 Å². The molecule has 0 saturated heterocycles. The van der Waals surface area contributed by atoms with E-state index in [-0.39, 0.29) is 0 Å². The quantitative estimate of drug-likeness (QED) is 0.841. The molecule has 1 aromatic carbocycles. The van der Waals surface area contributed by atoms with Gasteiger partial charge in [-0.3, -0.25) is 0 Å². The van der Waals surface area contributed by atoms with Gasteiger partial charge in [-0.05, 0) is 43.7 Å². The highest BCUT2D eigenvalue weighted by molar-refractivity contribution is 5.31. The molecule has 16 heavy (non-hydrogen) atoms. The van der Waals surface area contributed by atoms with Crippen LogP contribution >= 0.6 is 0 Å². The maximum absolute atomic E-state index is 10.2. The Hall–Kier alpha value is -1.33. The van der Waals surface area contributed by atoms with E-state index in [4.69, 9.17) is 5.26 Å². The third-order valence-corrected chi connectivity index (χ3v) is 3.25. The van der Waals surface area contributed by atoms with Crippen molar-refractivity contribution in [2.45, 2.75) is 38.7 Å². The van der Waals surface area contributed by atoms with E-state index in [9.17, 15) is 5.11 Å². The summed E-state index contributed by atoms with van der Waals surface area (Å²) in [6, 6.07) is 10.2. The molecule has 84 valence electrons. The Morgan fingerprint density at radius 1 is 1.44 bits per heavy atom. The summed E-state index contributed by atoms with van der Waals surface area (Å²) in [5, 5.41) is 19.2. The Balaban J connectivity index is 2.26. The second kappa shape index (κ2) is 3.92. The lowest BCUT2D eigenvalue weighted by molar-refractivity contribution is 0.0867. The average Bonchev–Trinajstić information content (AvgIpc) is 3.12. The van der Waals surface area contributed by atoms with E-state index in [2.05, 4.69) is 12.1 Å². The van der Waals surface area contributed by atoms with Gasteiger partial charge in [0.1, 0.15) is 0 Å². The van der Waals surface area contributed by atoms with E-state index in [0.29, 0.717) is 5.92 Å². The van der Waals surface area contributed by atoms with Gasteiger partial charge in [0.25, 0.3) is 0 Å². The Kier molecular flexibility index (Phi) is 2.73. The zero-order valence-electron chi connectivity index (χ0n) is 9.77. The largest absolute Gasteiger partial charge is 0.387 e. The van der Waals surface area contributed by atoms with Crippen LogP contribution in [0.2, 0.25) is 0 Å². The summed E-state index contributed by atoms with van der Waals surface area (Å²) in [6.07, 6.45) is 1.79. The Morgan fingerprint density at radius 2 is 2.12 bits per heavy atom. The van der Waals surface area contributed by atoms with Crippen molar-refractivity contribution in [1.29, 1.82) is 5.26 Å². The SMILES string of the molecule is CC(C)(C#N)C(O)c1cccc(C2CC2)c1. The van der Waals surface area contributed by atoms with Crippen LogP contribution in [-0.2, 0) is 0 Å². The average molecular weight is 215 g/mol. The number of aliphatic hydroxyl groups is 1. The maximum Gasteiger partial charge on any atom is 0.0970 e. The molecule has 0 bridgehead atoms. The third kappa shape index (κ3) is 2.10. The number of nitriles is 1. The van der Waals surface area contributed by atoms with Gasteiger partial charge in [-0.15, -0.1) is 0 Å². The number of benzene rings is 1. The van der Waals surface area contributed by atoms with Gasteiger partial charge < -0.3 is 5.11 Å². The summed E-state index contributed by atoms with van der Waals surface area (Å²) in [6.45, 7) is 3.53.